The second-order valence-electron chi connectivity index (χ2n) is 7.01. The molecule has 0 saturated carbocycles. The number of para-hydroxylation sites is 2. The standard InChI is InChI=1S/C22H23N3OS/c1-24(2)12-7-13-25-15-16(17-8-3-5-10-19(17)25)14-21-22(26)23-18-9-4-6-11-20(18)27-21/h3-6,8-11,14-15H,7,12-13H2,1-2H3,(H,23,26). The summed E-state index contributed by atoms with van der Waals surface area (Å²) < 4.78 is 2.30. The third kappa shape index (κ3) is 3.80. The number of carbonyl (C=O) groups excluding carboxylic acids is 1. The van der Waals surface area contributed by atoms with Crippen LogP contribution in [0.1, 0.15) is 12.0 Å². The Bertz CT molecular complexity index is 1020. The molecule has 1 aromatic heterocycles. The highest BCUT2D eigenvalue weighted by molar-refractivity contribution is 8.04. The van der Waals surface area contributed by atoms with Gasteiger partial charge >= 0.3 is 0 Å². The second kappa shape index (κ2) is 7.62. The van der Waals surface area contributed by atoms with E-state index in [2.05, 4.69) is 59.3 Å². The molecule has 138 valence electrons. The molecule has 0 fully saturated rings. The van der Waals surface area contributed by atoms with Crippen LogP contribution in [-0.2, 0) is 11.3 Å². The van der Waals surface area contributed by atoms with Gasteiger partial charge in [0.2, 0.25) is 0 Å². The molecule has 2 aromatic carbocycles. The first-order valence-electron chi connectivity index (χ1n) is 9.14. The number of hydrogen-bond acceptors (Lipinski definition) is 3. The smallest absolute Gasteiger partial charge is 0.262 e. The maximum atomic E-state index is 12.5. The van der Waals surface area contributed by atoms with Gasteiger partial charge in [-0.3, -0.25) is 4.79 Å². The summed E-state index contributed by atoms with van der Waals surface area (Å²) >= 11 is 1.53. The van der Waals surface area contributed by atoms with Crippen molar-refractivity contribution in [3.8, 4) is 0 Å². The molecule has 0 saturated heterocycles. The summed E-state index contributed by atoms with van der Waals surface area (Å²) in [7, 11) is 4.20. The fraction of sp³-hybridized carbons (Fsp3) is 0.227. The van der Waals surface area contributed by atoms with E-state index in [-0.39, 0.29) is 5.91 Å². The van der Waals surface area contributed by atoms with E-state index in [1.165, 1.54) is 22.7 Å². The molecule has 0 aliphatic carbocycles. The van der Waals surface area contributed by atoms with E-state index in [1.807, 2.05) is 30.3 Å². The zero-order valence-electron chi connectivity index (χ0n) is 15.6. The van der Waals surface area contributed by atoms with E-state index in [9.17, 15) is 4.79 Å². The van der Waals surface area contributed by atoms with Crippen molar-refractivity contribution in [2.24, 2.45) is 0 Å². The molecular formula is C22H23N3OS. The molecule has 0 radical (unpaired) electrons. The molecule has 1 aliphatic heterocycles. The molecule has 0 spiro atoms. The first-order valence-corrected chi connectivity index (χ1v) is 9.96. The highest BCUT2D eigenvalue weighted by Gasteiger charge is 2.21. The van der Waals surface area contributed by atoms with Crippen LogP contribution in [0.25, 0.3) is 17.0 Å². The topological polar surface area (TPSA) is 37.3 Å². The van der Waals surface area contributed by atoms with Crippen LogP contribution in [0.15, 0.2) is 64.5 Å². The van der Waals surface area contributed by atoms with Gasteiger partial charge in [-0.25, -0.2) is 0 Å². The van der Waals surface area contributed by atoms with E-state index in [4.69, 9.17) is 0 Å². The Morgan fingerprint density at radius 1 is 1.11 bits per heavy atom. The maximum Gasteiger partial charge on any atom is 0.262 e. The van der Waals surface area contributed by atoms with Crippen LogP contribution in [-0.4, -0.2) is 36.0 Å². The van der Waals surface area contributed by atoms with Gasteiger partial charge in [-0.1, -0.05) is 42.1 Å². The zero-order chi connectivity index (χ0) is 18.8. The molecule has 0 bridgehead atoms. The number of nitrogens with one attached hydrogen (secondary N) is 1. The summed E-state index contributed by atoms with van der Waals surface area (Å²) in [6, 6.07) is 16.3. The number of benzene rings is 2. The molecule has 5 heteroatoms. The molecule has 0 atom stereocenters. The normalized spacial score (nSPS) is 15.4. The predicted octanol–water partition coefficient (Wildman–Crippen LogP) is 4.68. The Morgan fingerprint density at radius 3 is 2.74 bits per heavy atom. The summed E-state index contributed by atoms with van der Waals surface area (Å²) in [6.45, 7) is 2.02. The molecule has 4 rings (SSSR count). The highest BCUT2D eigenvalue weighted by atomic mass is 32.2. The average molecular weight is 378 g/mol. The molecule has 0 unspecified atom stereocenters. The van der Waals surface area contributed by atoms with Crippen molar-refractivity contribution in [2.75, 3.05) is 26.0 Å². The van der Waals surface area contributed by atoms with Gasteiger partial charge in [0.05, 0.1) is 10.6 Å². The van der Waals surface area contributed by atoms with E-state index >= 15 is 0 Å². The number of rotatable bonds is 5. The number of hydrogen-bond donors (Lipinski definition) is 1. The minimum absolute atomic E-state index is 0.0388. The number of carbonyl (C=O) groups is 1. The SMILES string of the molecule is CN(C)CCCn1cc(C=C2Sc3ccccc3NC2=O)c2ccccc21. The van der Waals surface area contributed by atoms with Gasteiger partial charge in [-0.2, -0.15) is 0 Å². The van der Waals surface area contributed by atoms with Crippen LogP contribution >= 0.6 is 11.8 Å². The third-order valence-electron chi connectivity index (χ3n) is 4.69. The zero-order valence-corrected chi connectivity index (χ0v) is 16.4. The lowest BCUT2D eigenvalue weighted by Crippen LogP contribution is -2.17. The average Bonchev–Trinajstić information content (AvgIpc) is 3.00. The van der Waals surface area contributed by atoms with Crippen LogP contribution in [0.4, 0.5) is 5.69 Å². The minimum Gasteiger partial charge on any atom is -0.347 e. The first-order chi connectivity index (χ1) is 13.1. The number of thioether (sulfide) groups is 1. The Hall–Kier alpha value is -2.50. The molecule has 1 amide bonds. The summed E-state index contributed by atoms with van der Waals surface area (Å²) in [6.07, 6.45) is 5.27. The van der Waals surface area contributed by atoms with Gasteiger partial charge in [-0.15, -0.1) is 0 Å². The monoisotopic (exact) mass is 377 g/mol. The van der Waals surface area contributed by atoms with Crippen molar-refractivity contribution in [3.63, 3.8) is 0 Å². The second-order valence-corrected chi connectivity index (χ2v) is 8.10. The largest absolute Gasteiger partial charge is 0.347 e. The maximum absolute atomic E-state index is 12.5. The Balaban J connectivity index is 1.68. The number of amides is 1. The van der Waals surface area contributed by atoms with Crippen LogP contribution in [0.5, 0.6) is 0 Å². The first kappa shape index (κ1) is 17.9. The molecule has 4 nitrogen and oxygen atoms in total. The molecule has 1 aliphatic rings. The van der Waals surface area contributed by atoms with Gasteiger partial charge < -0.3 is 14.8 Å². The van der Waals surface area contributed by atoms with Gasteiger partial charge in [0.1, 0.15) is 0 Å². The van der Waals surface area contributed by atoms with Gasteiger partial charge in [0.15, 0.2) is 0 Å². The predicted molar refractivity (Wildman–Crippen MR) is 114 cm³/mol. The molecule has 27 heavy (non-hydrogen) atoms. The number of aromatic nitrogens is 1. The quantitative estimate of drug-likeness (QED) is 0.656. The lowest BCUT2D eigenvalue weighted by Gasteiger charge is -2.18. The van der Waals surface area contributed by atoms with Crippen molar-refractivity contribution >= 4 is 40.3 Å². The van der Waals surface area contributed by atoms with Gasteiger partial charge in [0, 0.05) is 34.1 Å². The summed E-state index contributed by atoms with van der Waals surface area (Å²) in [5.41, 5.74) is 3.19. The Morgan fingerprint density at radius 2 is 1.89 bits per heavy atom. The van der Waals surface area contributed by atoms with Crippen molar-refractivity contribution < 1.29 is 4.79 Å². The number of nitrogens with zero attached hydrogens (tertiary/aromatic N) is 2. The highest BCUT2D eigenvalue weighted by Crippen LogP contribution is 2.39. The van der Waals surface area contributed by atoms with Crippen molar-refractivity contribution in [3.05, 3.63) is 65.2 Å². The van der Waals surface area contributed by atoms with E-state index in [0.29, 0.717) is 0 Å². The molecule has 1 N–H and O–H groups in total. The van der Waals surface area contributed by atoms with E-state index in [0.717, 1.165) is 40.6 Å². The van der Waals surface area contributed by atoms with Gasteiger partial charge in [-0.05, 0) is 51.3 Å². The minimum atomic E-state index is -0.0388. The van der Waals surface area contributed by atoms with Crippen LogP contribution < -0.4 is 5.32 Å². The fourth-order valence-electron chi connectivity index (χ4n) is 3.38. The van der Waals surface area contributed by atoms with Gasteiger partial charge in [0.25, 0.3) is 5.91 Å². The van der Waals surface area contributed by atoms with Crippen LogP contribution in [0.2, 0.25) is 0 Å². The van der Waals surface area contributed by atoms with Crippen LogP contribution in [0, 0.1) is 0 Å². The fourth-order valence-corrected chi connectivity index (χ4v) is 4.32. The lowest BCUT2D eigenvalue weighted by molar-refractivity contribution is -0.112. The summed E-state index contributed by atoms with van der Waals surface area (Å²) in [5.74, 6) is -0.0388. The van der Waals surface area contributed by atoms with Crippen LogP contribution in [0.3, 0.4) is 0 Å². The Labute approximate surface area is 163 Å². The molecular weight excluding hydrogens is 354 g/mol. The van der Waals surface area contributed by atoms with E-state index in [1.54, 1.807) is 0 Å². The van der Waals surface area contributed by atoms with Crippen molar-refractivity contribution in [2.45, 2.75) is 17.9 Å². The van der Waals surface area contributed by atoms with Crippen molar-refractivity contribution in [1.82, 2.24) is 9.47 Å². The number of aryl methyl sites for hydroxylation is 1. The van der Waals surface area contributed by atoms with E-state index < -0.39 is 0 Å². The summed E-state index contributed by atoms with van der Waals surface area (Å²) in [5, 5.41) is 4.17. The third-order valence-corrected chi connectivity index (χ3v) is 5.79. The number of fused-ring (bicyclic) bond motifs is 2. The number of anilines is 1. The molecule has 3 aromatic rings. The van der Waals surface area contributed by atoms with Crippen molar-refractivity contribution in [1.29, 1.82) is 0 Å². The Kier molecular flexibility index (Phi) is 5.05. The molecule has 2 heterocycles. The summed E-state index contributed by atoms with van der Waals surface area (Å²) in [4.78, 5) is 16.6. The lowest BCUT2D eigenvalue weighted by atomic mass is 10.1.